The Morgan fingerprint density at radius 1 is 1.37 bits per heavy atom. The number of nitrogens with one attached hydrogen (secondary N) is 1. The second-order valence-corrected chi connectivity index (χ2v) is 7.89. The maximum Gasteiger partial charge on any atom is 0.183 e. The number of hydrogen-bond donors (Lipinski definition) is 2. The SMILES string of the molecule is CN=CC(=CN)c1cnc2[nH]c3cnc(C#N)c(OC4CN5CCC4CC5)c3c2c1. The third kappa shape index (κ3) is 2.99. The van der Waals surface area contributed by atoms with Crippen molar-refractivity contribution >= 4 is 33.7 Å². The minimum absolute atomic E-state index is 0.0693. The van der Waals surface area contributed by atoms with Crippen molar-refractivity contribution in [3.8, 4) is 11.8 Å². The Hall–Kier alpha value is -3.44. The number of hydrogen-bond acceptors (Lipinski definition) is 7. The van der Waals surface area contributed by atoms with E-state index in [1.54, 1.807) is 25.7 Å². The number of allylic oxidation sites excluding steroid dienone is 1. The Labute approximate surface area is 174 Å². The van der Waals surface area contributed by atoms with Gasteiger partial charge in [-0.3, -0.25) is 9.89 Å². The van der Waals surface area contributed by atoms with Crippen molar-refractivity contribution in [1.82, 2.24) is 19.9 Å². The molecule has 3 aliphatic heterocycles. The van der Waals surface area contributed by atoms with Crippen LogP contribution in [0, 0.1) is 17.2 Å². The average Bonchev–Trinajstić information content (AvgIpc) is 3.16. The fraction of sp³-hybridized carbons (Fsp3) is 0.364. The van der Waals surface area contributed by atoms with Crippen LogP contribution in [0.1, 0.15) is 24.1 Å². The number of fused-ring (bicyclic) bond motifs is 6. The Morgan fingerprint density at radius 2 is 2.20 bits per heavy atom. The molecule has 8 nitrogen and oxygen atoms in total. The van der Waals surface area contributed by atoms with Crippen LogP contribution in [0.25, 0.3) is 27.5 Å². The van der Waals surface area contributed by atoms with Crippen molar-refractivity contribution in [2.75, 3.05) is 26.7 Å². The third-order valence-corrected chi connectivity index (χ3v) is 6.20. The van der Waals surface area contributed by atoms with Gasteiger partial charge in [-0.2, -0.15) is 5.26 Å². The van der Waals surface area contributed by atoms with Crippen LogP contribution in [-0.4, -0.2) is 58.9 Å². The predicted molar refractivity (Wildman–Crippen MR) is 116 cm³/mol. The molecular weight excluding hydrogens is 378 g/mol. The summed E-state index contributed by atoms with van der Waals surface area (Å²) in [5.74, 6) is 1.06. The van der Waals surface area contributed by atoms with Crippen molar-refractivity contribution in [3.05, 3.63) is 35.9 Å². The van der Waals surface area contributed by atoms with E-state index in [1.807, 2.05) is 6.07 Å². The number of aromatic amines is 1. The lowest BCUT2D eigenvalue weighted by Crippen LogP contribution is -2.52. The zero-order valence-corrected chi connectivity index (χ0v) is 16.8. The van der Waals surface area contributed by atoms with E-state index in [-0.39, 0.29) is 6.10 Å². The molecule has 3 fully saturated rings. The molecule has 6 rings (SSSR count). The molecule has 6 heterocycles. The molecule has 3 aliphatic rings. The Balaban J connectivity index is 1.67. The molecule has 1 unspecified atom stereocenters. The highest BCUT2D eigenvalue weighted by atomic mass is 16.5. The molecule has 152 valence electrons. The molecule has 0 saturated carbocycles. The number of rotatable bonds is 4. The number of nitrogens with zero attached hydrogens (tertiary/aromatic N) is 5. The lowest BCUT2D eigenvalue weighted by molar-refractivity contribution is -0.00727. The third-order valence-electron chi connectivity index (χ3n) is 6.20. The van der Waals surface area contributed by atoms with Gasteiger partial charge >= 0.3 is 0 Å². The highest BCUT2D eigenvalue weighted by Crippen LogP contribution is 2.38. The second-order valence-electron chi connectivity index (χ2n) is 7.89. The number of nitrogens with two attached hydrogens (primary N) is 1. The normalized spacial score (nSPS) is 24.0. The Bertz CT molecular complexity index is 1210. The Morgan fingerprint density at radius 3 is 2.87 bits per heavy atom. The monoisotopic (exact) mass is 401 g/mol. The summed E-state index contributed by atoms with van der Waals surface area (Å²) in [7, 11) is 1.70. The summed E-state index contributed by atoms with van der Waals surface area (Å²) in [4.78, 5) is 18.7. The molecule has 3 aromatic heterocycles. The van der Waals surface area contributed by atoms with E-state index in [2.05, 4.69) is 30.9 Å². The standard InChI is InChI=1S/C22H23N7O/c1-25-9-15(7-23)14-6-16-20-18(28-22(16)27-10-14)11-26-17(8-24)21(20)30-19-12-29-4-2-13(19)3-5-29/h6-7,9-11,13,19H,2-5,12,23H2,1H3,(H,27,28). The Kier molecular flexibility index (Phi) is 4.60. The van der Waals surface area contributed by atoms with E-state index in [9.17, 15) is 5.26 Å². The smallest absolute Gasteiger partial charge is 0.183 e. The summed E-state index contributed by atoms with van der Waals surface area (Å²) in [5, 5.41) is 11.4. The topological polar surface area (TPSA) is 116 Å². The van der Waals surface area contributed by atoms with Gasteiger partial charge in [-0.25, -0.2) is 9.97 Å². The maximum atomic E-state index is 9.73. The van der Waals surface area contributed by atoms with Crippen molar-refractivity contribution in [1.29, 1.82) is 5.26 Å². The summed E-state index contributed by atoms with van der Waals surface area (Å²) in [5.41, 5.74) is 9.22. The highest BCUT2D eigenvalue weighted by molar-refractivity contribution is 6.14. The highest BCUT2D eigenvalue weighted by Gasteiger charge is 2.36. The van der Waals surface area contributed by atoms with Gasteiger partial charge < -0.3 is 15.5 Å². The van der Waals surface area contributed by atoms with Crippen LogP contribution in [0.2, 0.25) is 0 Å². The van der Waals surface area contributed by atoms with E-state index in [4.69, 9.17) is 10.5 Å². The molecule has 0 aliphatic carbocycles. The van der Waals surface area contributed by atoms with Gasteiger partial charge in [-0.05, 0) is 37.9 Å². The van der Waals surface area contributed by atoms with E-state index in [1.165, 1.54) is 6.20 Å². The first-order valence-corrected chi connectivity index (χ1v) is 10.2. The largest absolute Gasteiger partial charge is 0.485 e. The molecule has 1 atom stereocenters. The van der Waals surface area contributed by atoms with Gasteiger partial charge in [0, 0.05) is 48.7 Å². The van der Waals surface area contributed by atoms with Gasteiger partial charge in [0.2, 0.25) is 0 Å². The molecule has 0 spiro atoms. The van der Waals surface area contributed by atoms with Crippen LogP contribution in [-0.2, 0) is 0 Å². The zero-order valence-electron chi connectivity index (χ0n) is 16.8. The van der Waals surface area contributed by atoms with Crippen molar-refractivity contribution in [3.63, 3.8) is 0 Å². The first-order valence-electron chi connectivity index (χ1n) is 10.2. The average molecular weight is 401 g/mol. The van der Waals surface area contributed by atoms with E-state index >= 15 is 0 Å². The van der Waals surface area contributed by atoms with Crippen molar-refractivity contribution < 1.29 is 4.74 Å². The van der Waals surface area contributed by atoms with Gasteiger partial charge in [-0.15, -0.1) is 0 Å². The summed E-state index contributed by atoms with van der Waals surface area (Å²) >= 11 is 0. The lowest BCUT2D eigenvalue weighted by atomic mass is 9.86. The second kappa shape index (κ2) is 7.43. The fourth-order valence-corrected chi connectivity index (χ4v) is 4.64. The molecule has 30 heavy (non-hydrogen) atoms. The number of pyridine rings is 2. The number of aliphatic imine (C=N–C) groups is 1. The van der Waals surface area contributed by atoms with Crippen LogP contribution in [0.5, 0.6) is 5.75 Å². The summed E-state index contributed by atoms with van der Waals surface area (Å²) < 4.78 is 6.53. The molecule has 2 bridgehead atoms. The van der Waals surface area contributed by atoms with Crippen molar-refractivity contribution in [2.24, 2.45) is 16.6 Å². The minimum Gasteiger partial charge on any atom is -0.485 e. The quantitative estimate of drug-likeness (QED) is 0.649. The number of aromatic nitrogens is 3. The van der Waals surface area contributed by atoms with E-state index in [0.29, 0.717) is 23.0 Å². The van der Waals surface area contributed by atoms with E-state index in [0.717, 1.165) is 59.9 Å². The molecule has 0 radical (unpaired) electrons. The van der Waals surface area contributed by atoms with Crippen LogP contribution in [0.4, 0.5) is 0 Å². The van der Waals surface area contributed by atoms with Crippen LogP contribution in [0.3, 0.4) is 0 Å². The molecular formula is C22H23N7O. The van der Waals surface area contributed by atoms with Crippen LogP contribution in [0.15, 0.2) is 29.7 Å². The van der Waals surface area contributed by atoms with Gasteiger partial charge in [-0.1, -0.05) is 0 Å². The van der Waals surface area contributed by atoms with Crippen LogP contribution >= 0.6 is 0 Å². The first kappa shape index (κ1) is 18.6. The van der Waals surface area contributed by atoms with Crippen molar-refractivity contribution in [2.45, 2.75) is 18.9 Å². The van der Waals surface area contributed by atoms with Gasteiger partial charge in [0.15, 0.2) is 11.4 Å². The summed E-state index contributed by atoms with van der Waals surface area (Å²) in [6.45, 7) is 3.15. The minimum atomic E-state index is 0.0693. The summed E-state index contributed by atoms with van der Waals surface area (Å²) in [6.07, 6.45) is 8.98. The number of ether oxygens (including phenoxy) is 1. The number of nitriles is 1. The van der Waals surface area contributed by atoms with Gasteiger partial charge in [0.25, 0.3) is 0 Å². The molecule has 8 heteroatoms. The number of H-pyrrole nitrogens is 1. The first-order chi connectivity index (χ1) is 14.7. The molecule has 3 saturated heterocycles. The lowest BCUT2D eigenvalue weighted by Gasteiger charge is -2.44. The zero-order chi connectivity index (χ0) is 20.7. The predicted octanol–water partition coefficient (Wildman–Crippen LogP) is 2.46. The molecule has 0 aromatic carbocycles. The molecule has 3 aromatic rings. The number of piperidine rings is 3. The molecule has 3 N–H and O–H groups in total. The summed E-state index contributed by atoms with van der Waals surface area (Å²) in [6, 6.07) is 4.21. The van der Waals surface area contributed by atoms with E-state index < -0.39 is 0 Å². The molecule has 0 amide bonds. The maximum absolute atomic E-state index is 9.73. The van der Waals surface area contributed by atoms with Crippen LogP contribution < -0.4 is 10.5 Å². The fourth-order valence-electron chi connectivity index (χ4n) is 4.64. The van der Waals surface area contributed by atoms with Gasteiger partial charge in [0.05, 0.1) is 17.1 Å². The van der Waals surface area contributed by atoms with Gasteiger partial charge in [0.1, 0.15) is 17.8 Å².